The molecule has 0 fully saturated rings. The number of para-hydroxylation sites is 3. The first-order valence-corrected chi connectivity index (χ1v) is 11.7. The molecule has 0 radical (unpaired) electrons. The first-order valence-electron chi connectivity index (χ1n) is 11.7. The van der Waals surface area contributed by atoms with Crippen LogP contribution in [0.3, 0.4) is 0 Å². The third-order valence-electron chi connectivity index (χ3n) is 5.77. The van der Waals surface area contributed by atoms with Crippen LogP contribution in [0.5, 0.6) is 5.75 Å². The number of fused-ring (bicyclic) bond motifs is 1. The summed E-state index contributed by atoms with van der Waals surface area (Å²) in [5.41, 5.74) is 8.06. The fourth-order valence-electron chi connectivity index (χ4n) is 3.84. The van der Waals surface area contributed by atoms with Gasteiger partial charge in [0.05, 0.1) is 24.5 Å². The Hall–Kier alpha value is -5.05. The molecule has 2 aromatic heterocycles. The molecule has 0 bridgehead atoms. The number of nitrogens with one attached hydrogen (secondary N) is 2. The maximum absolute atomic E-state index is 13.3. The van der Waals surface area contributed by atoms with Gasteiger partial charge >= 0.3 is 0 Å². The van der Waals surface area contributed by atoms with Crippen LogP contribution in [-0.4, -0.2) is 39.8 Å². The SMILES string of the molecule is Nc1ccccc1NC(=O)c1ccc(OCCN(Cc2ncc[nH]2)C(=O)c2cc3ccccc3o2)cc1. The largest absolute Gasteiger partial charge is 0.492 e. The van der Waals surface area contributed by atoms with E-state index in [1.807, 2.05) is 24.3 Å². The van der Waals surface area contributed by atoms with Crippen molar-refractivity contribution in [2.45, 2.75) is 6.54 Å². The van der Waals surface area contributed by atoms with Crippen LogP contribution < -0.4 is 15.8 Å². The number of hydrogen-bond acceptors (Lipinski definition) is 6. The lowest BCUT2D eigenvalue weighted by Crippen LogP contribution is -2.34. The third-order valence-corrected chi connectivity index (χ3v) is 5.77. The minimum atomic E-state index is -0.273. The number of aromatic amines is 1. The van der Waals surface area contributed by atoms with E-state index in [1.54, 1.807) is 71.9 Å². The second-order valence-electron chi connectivity index (χ2n) is 8.33. The Bertz CT molecular complexity index is 1480. The first kappa shape index (κ1) is 23.7. The maximum Gasteiger partial charge on any atom is 0.290 e. The second kappa shape index (κ2) is 10.7. The standard InChI is InChI=1S/C28H25N5O4/c29-22-6-2-3-7-23(22)32-27(34)19-9-11-21(12-10-19)36-16-15-33(18-26-30-13-14-31-26)28(35)25-17-20-5-1-4-8-24(20)37-25/h1-14,17H,15-16,18,29H2,(H,30,31)(H,32,34). The topological polar surface area (TPSA) is 126 Å². The number of carbonyl (C=O) groups excluding carboxylic acids is 2. The quantitative estimate of drug-likeness (QED) is 0.254. The van der Waals surface area contributed by atoms with Crippen LogP contribution in [0.2, 0.25) is 0 Å². The van der Waals surface area contributed by atoms with E-state index < -0.39 is 0 Å². The summed E-state index contributed by atoms with van der Waals surface area (Å²) in [4.78, 5) is 34.7. The van der Waals surface area contributed by atoms with Crippen molar-refractivity contribution in [3.63, 3.8) is 0 Å². The number of amides is 2. The number of nitrogens with zero attached hydrogens (tertiary/aromatic N) is 2. The number of ether oxygens (including phenoxy) is 1. The van der Waals surface area contributed by atoms with E-state index >= 15 is 0 Å². The van der Waals surface area contributed by atoms with Crippen molar-refractivity contribution in [1.82, 2.24) is 14.9 Å². The molecule has 0 saturated heterocycles. The Labute approximate surface area is 212 Å². The zero-order valence-corrected chi connectivity index (χ0v) is 19.9. The predicted molar refractivity (Wildman–Crippen MR) is 140 cm³/mol. The van der Waals surface area contributed by atoms with Gasteiger partial charge in [0, 0.05) is 23.3 Å². The number of aromatic nitrogens is 2. The zero-order valence-electron chi connectivity index (χ0n) is 19.9. The van der Waals surface area contributed by atoms with Crippen molar-refractivity contribution in [3.8, 4) is 5.75 Å². The molecule has 186 valence electrons. The fourth-order valence-corrected chi connectivity index (χ4v) is 3.84. The molecule has 3 aromatic carbocycles. The second-order valence-corrected chi connectivity index (χ2v) is 8.33. The summed E-state index contributed by atoms with van der Waals surface area (Å²) >= 11 is 0. The van der Waals surface area contributed by atoms with E-state index in [9.17, 15) is 9.59 Å². The summed E-state index contributed by atoms with van der Waals surface area (Å²) in [6, 6.07) is 23.0. The molecule has 0 saturated carbocycles. The van der Waals surface area contributed by atoms with Crippen molar-refractivity contribution in [1.29, 1.82) is 0 Å². The van der Waals surface area contributed by atoms with E-state index in [0.29, 0.717) is 40.6 Å². The number of nitrogen functional groups attached to an aromatic ring is 1. The Balaban J connectivity index is 1.22. The van der Waals surface area contributed by atoms with Gasteiger partial charge in [0.1, 0.15) is 23.8 Å². The molecule has 0 aliphatic rings. The van der Waals surface area contributed by atoms with Gasteiger partial charge in [-0.15, -0.1) is 0 Å². The molecule has 2 heterocycles. The van der Waals surface area contributed by atoms with Gasteiger partial charge in [-0.3, -0.25) is 9.59 Å². The average molecular weight is 496 g/mol. The molecule has 0 spiro atoms. The number of carbonyl (C=O) groups is 2. The number of furan rings is 1. The van der Waals surface area contributed by atoms with Gasteiger partial charge in [-0.2, -0.15) is 0 Å². The first-order chi connectivity index (χ1) is 18.1. The fraction of sp³-hybridized carbons (Fsp3) is 0.107. The number of benzene rings is 3. The van der Waals surface area contributed by atoms with Gasteiger partial charge in [0.15, 0.2) is 5.76 Å². The Morgan fingerprint density at radius 1 is 1.03 bits per heavy atom. The number of nitrogens with two attached hydrogens (primary N) is 1. The lowest BCUT2D eigenvalue weighted by Gasteiger charge is -2.21. The van der Waals surface area contributed by atoms with Crippen molar-refractivity contribution >= 4 is 34.2 Å². The third kappa shape index (κ3) is 5.62. The monoisotopic (exact) mass is 495 g/mol. The molecule has 0 unspecified atom stereocenters. The van der Waals surface area contributed by atoms with E-state index in [4.69, 9.17) is 14.9 Å². The number of rotatable bonds is 9. The number of anilines is 2. The van der Waals surface area contributed by atoms with Gasteiger partial charge in [-0.05, 0) is 48.5 Å². The smallest absolute Gasteiger partial charge is 0.290 e. The lowest BCUT2D eigenvalue weighted by atomic mass is 10.2. The van der Waals surface area contributed by atoms with E-state index in [0.717, 1.165) is 5.39 Å². The van der Waals surface area contributed by atoms with Gasteiger partial charge in [0.2, 0.25) is 0 Å². The molecule has 37 heavy (non-hydrogen) atoms. The average Bonchev–Trinajstić information content (AvgIpc) is 3.59. The highest BCUT2D eigenvalue weighted by atomic mass is 16.5. The molecule has 9 nitrogen and oxygen atoms in total. The molecule has 0 aliphatic carbocycles. The Morgan fingerprint density at radius 3 is 2.57 bits per heavy atom. The van der Waals surface area contributed by atoms with Gasteiger partial charge < -0.3 is 30.1 Å². The molecule has 0 aliphatic heterocycles. The summed E-state index contributed by atoms with van der Waals surface area (Å²) in [5, 5.41) is 3.66. The molecule has 4 N–H and O–H groups in total. The van der Waals surface area contributed by atoms with E-state index in [-0.39, 0.29) is 30.7 Å². The molecule has 0 atom stereocenters. The summed E-state index contributed by atoms with van der Waals surface area (Å²) in [6.07, 6.45) is 3.35. The number of hydrogen-bond donors (Lipinski definition) is 3. The summed E-state index contributed by atoms with van der Waals surface area (Å²) < 4.78 is 11.6. The highest BCUT2D eigenvalue weighted by Crippen LogP contribution is 2.21. The van der Waals surface area contributed by atoms with Crippen LogP contribution in [0.4, 0.5) is 11.4 Å². The Kier molecular flexibility index (Phi) is 6.84. The van der Waals surface area contributed by atoms with Crippen LogP contribution in [-0.2, 0) is 6.54 Å². The van der Waals surface area contributed by atoms with Crippen LogP contribution in [0.25, 0.3) is 11.0 Å². The van der Waals surface area contributed by atoms with Crippen LogP contribution >= 0.6 is 0 Å². The van der Waals surface area contributed by atoms with Gasteiger partial charge in [0.25, 0.3) is 11.8 Å². The van der Waals surface area contributed by atoms with Crippen LogP contribution in [0.15, 0.2) is 95.7 Å². The normalized spacial score (nSPS) is 10.8. The predicted octanol–water partition coefficient (Wildman–Crippen LogP) is 4.71. The van der Waals surface area contributed by atoms with Crippen LogP contribution in [0.1, 0.15) is 26.7 Å². The zero-order chi connectivity index (χ0) is 25.6. The van der Waals surface area contributed by atoms with E-state index in [2.05, 4.69) is 15.3 Å². The highest BCUT2D eigenvalue weighted by molar-refractivity contribution is 6.05. The van der Waals surface area contributed by atoms with Crippen molar-refractivity contribution in [3.05, 3.63) is 108 Å². The van der Waals surface area contributed by atoms with E-state index in [1.165, 1.54) is 0 Å². The van der Waals surface area contributed by atoms with Crippen molar-refractivity contribution in [2.75, 3.05) is 24.2 Å². The van der Waals surface area contributed by atoms with Gasteiger partial charge in [-0.25, -0.2) is 4.98 Å². The van der Waals surface area contributed by atoms with Gasteiger partial charge in [-0.1, -0.05) is 30.3 Å². The van der Waals surface area contributed by atoms with Crippen molar-refractivity contribution in [2.24, 2.45) is 0 Å². The molecule has 2 amide bonds. The number of H-pyrrole nitrogens is 1. The van der Waals surface area contributed by atoms with Crippen LogP contribution in [0, 0.1) is 0 Å². The lowest BCUT2D eigenvalue weighted by molar-refractivity contribution is 0.0682. The minimum Gasteiger partial charge on any atom is -0.492 e. The maximum atomic E-state index is 13.3. The molecular weight excluding hydrogens is 470 g/mol. The minimum absolute atomic E-state index is 0.235. The van der Waals surface area contributed by atoms with Crippen molar-refractivity contribution < 1.29 is 18.7 Å². The molecular formula is C28H25N5O4. The Morgan fingerprint density at radius 2 is 1.81 bits per heavy atom. The highest BCUT2D eigenvalue weighted by Gasteiger charge is 2.21. The molecule has 5 aromatic rings. The molecule has 9 heteroatoms. The molecule has 5 rings (SSSR count). The summed E-state index contributed by atoms with van der Waals surface area (Å²) in [7, 11) is 0. The number of imidazole rings is 1. The summed E-state index contributed by atoms with van der Waals surface area (Å²) in [6.45, 7) is 0.804. The summed E-state index contributed by atoms with van der Waals surface area (Å²) in [5.74, 6) is 0.944.